The fourth-order valence-corrected chi connectivity index (χ4v) is 3.12. The Hall–Kier alpha value is -3.13. The first-order valence-corrected chi connectivity index (χ1v) is 7.86. The van der Waals surface area contributed by atoms with Crippen LogP contribution in [0.5, 0.6) is 5.75 Å². The lowest BCUT2D eigenvalue weighted by Crippen LogP contribution is -2.07. The molecule has 0 heterocycles. The van der Waals surface area contributed by atoms with E-state index in [-0.39, 0.29) is 0 Å². The number of rotatable bonds is 2. The van der Waals surface area contributed by atoms with Crippen LogP contribution in [0, 0.1) is 0 Å². The predicted octanol–water partition coefficient (Wildman–Crippen LogP) is 5.63. The number of ether oxygens (including phenoxy) is 1. The summed E-state index contributed by atoms with van der Waals surface area (Å²) >= 11 is 0. The molecule has 0 unspecified atom stereocenters. The van der Waals surface area contributed by atoms with Crippen molar-refractivity contribution in [3.05, 3.63) is 78.9 Å². The van der Waals surface area contributed by atoms with Crippen molar-refractivity contribution in [2.24, 2.45) is 0 Å². The molecule has 0 atom stereocenters. The summed E-state index contributed by atoms with van der Waals surface area (Å²) in [5.41, 5.74) is 0.387. The van der Waals surface area contributed by atoms with Crippen LogP contribution >= 0.6 is 0 Å². The summed E-state index contributed by atoms with van der Waals surface area (Å²) in [4.78, 5) is 12.0. The van der Waals surface area contributed by atoms with Gasteiger partial charge in [-0.15, -0.1) is 0 Å². The molecular weight excluding hydrogens is 296 g/mol. The van der Waals surface area contributed by atoms with Gasteiger partial charge < -0.3 is 4.74 Å². The van der Waals surface area contributed by atoms with Gasteiger partial charge in [-0.3, -0.25) is 0 Å². The average molecular weight is 312 g/mol. The Morgan fingerprint density at radius 3 is 2.38 bits per heavy atom. The van der Waals surface area contributed by atoms with Crippen LogP contribution in [0.3, 0.4) is 0 Å². The standard InChI is InChI=1S/C22H16O2/c1-14(2)22(23)24-20-12-11-19-17-10-6-8-15(17)13-16-7-4-3-5-9-18(16)21(19)20/h3-13H,1H2,2H3. The van der Waals surface area contributed by atoms with Crippen molar-refractivity contribution in [2.45, 2.75) is 6.92 Å². The van der Waals surface area contributed by atoms with Gasteiger partial charge in [0.1, 0.15) is 5.75 Å². The summed E-state index contributed by atoms with van der Waals surface area (Å²) in [7, 11) is 0. The van der Waals surface area contributed by atoms with Gasteiger partial charge in [0.15, 0.2) is 0 Å². The highest BCUT2D eigenvalue weighted by Gasteiger charge is 2.14. The van der Waals surface area contributed by atoms with E-state index in [1.54, 1.807) is 6.92 Å². The molecule has 4 aromatic rings. The van der Waals surface area contributed by atoms with Gasteiger partial charge >= 0.3 is 5.97 Å². The lowest BCUT2D eigenvalue weighted by molar-refractivity contribution is -0.129. The Labute approximate surface area is 140 Å². The maximum atomic E-state index is 12.0. The molecule has 0 amide bonds. The summed E-state index contributed by atoms with van der Waals surface area (Å²) in [5, 5.41) is 6.52. The molecule has 0 spiro atoms. The molecule has 0 N–H and O–H groups in total. The number of hydrogen-bond acceptors (Lipinski definition) is 2. The van der Waals surface area contributed by atoms with Crippen molar-refractivity contribution in [1.29, 1.82) is 0 Å². The summed E-state index contributed by atoms with van der Waals surface area (Å²) in [6, 6.07) is 22.5. The molecule has 0 bridgehead atoms. The molecule has 2 heteroatoms. The first kappa shape index (κ1) is 14.5. The van der Waals surface area contributed by atoms with Gasteiger partial charge in [0.25, 0.3) is 0 Å². The van der Waals surface area contributed by atoms with Gasteiger partial charge in [-0.05, 0) is 52.1 Å². The Bertz CT molecular complexity index is 1120. The quantitative estimate of drug-likeness (QED) is 0.354. The van der Waals surface area contributed by atoms with Crippen LogP contribution in [0.4, 0.5) is 0 Å². The minimum absolute atomic E-state index is 0.387. The van der Waals surface area contributed by atoms with Crippen molar-refractivity contribution < 1.29 is 9.53 Å². The molecule has 0 aliphatic heterocycles. The molecule has 0 aliphatic rings. The Morgan fingerprint density at radius 1 is 0.833 bits per heavy atom. The number of carbonyl (C=O) groups excluding carboxylic acids is 1. The van der Waals surface area contributed by atoms with Gasteiger partial charge in [0.2, 0.25) is 0 Å². The smallest absolute Gasteiger partial charge is 0.338 e. The fourth-order valence-electron chi connectivity index (χ4n) is 3.12. The topological polar surface area (TPSA) is 26.3 Å². The Balaban J connectivity index is 2.18. The highest BCUT2D eigenvalue weighted by Crippen LogP contribution is 2.38. The summed E-state index contributed by atoms with van der Waals surface area (Å²) in [6.07, 6.45) is 0. The number of esters is 1. The van der Waals surface area contributed by atoms with Crippen LogP contribution in [0.2, 0.25) is 0 Å². The SMILES string of the molecule is C=C(C)C(=O)Oc1ccc2c3cccc3cc3cccccc3c12. The van der Waals surface area contributed by atoms with Crippen molar-refractivity contribution in [1.82, 2.24) is 0 Å². The highest BCUT2D eigenvalue weighted by atomic mass is 16.5. The third-order valence-electron chi connectivity index (χ3n) is 4.26. The summed E-state index contributed by atoms with van der Waals surface area (Å²) < 4.78 is 5.60. The lowest BCUT2D eigenvalue weighted by Gasteiger charge is -2.03. The van der Waals surface area contributed by atoms with Crippen LogP contribution in [-0.2, 0) is 4.79 Å². The normalized spacial score (nSPS) is 11.0. The molecule has 0 aromatic heterocycles. The number of hydrogen-bond donors (Lipinski definition) is 0. The zero-order valence-electron chi connectivity index (χ0n) is 13.4. The van der Waals surface area contributed by atoms with Gasteiger partial charge in [-0.2, -0.15) is 0 Å². The van der Waals surface area contributed by atoms with E-state index in [1.165, 1.54) is 5.39 Å². The molecule has 0 fully saturated rings. The molecule has 4 rings (SSSR count). The molecule has 0 radical (unpaired) electrons. The first-order chi connectivity index (χ1) is 11.6. The molecule has 0 saturated heterocycles. The predicted molar refractivity (Wildman–Crippen MR) is 99.4 cm³/mol. The van der Waals surface area contributed by atoms with E-state index in [1.807, 2.05) is 36.4 Å². The second kappa shape index (κ2) is 5.50. The van der Waals surface area contributed by atoms with Gasteiger partial charge in [0.05, 0.1) is 0 Å². The minimum atomic E-state index is -0.402. The Morgan fingerprint density at radius 2 is 1.54 bits per heavy atom. The third-order valence-corrected chi connectivity index (χ3v) is 4.26. The molecular formula is C22H16O2. The Kier molecular flexibility index (Phi) is 3.31. The molecule has 116 valence electrons. The third kappa shape index (κ3) is 2.24. The van der Waals surface area contributed by atoms with Crippen molar-refractivity contribution in [2.75, 3.05) is 0 Å². The van der Waals surface area contributed by atoms with Crippen LogP contribution < -0.4 is 4.74 Å². The van der Waals surface area contributed by atoms with Crippen LogP contribution in [0.1, 0.15) is 6.92 Å². The molecule has 0 saturated carbocycles. The van der Waals surface area contributed by atoms with Crippen molar-refractivity contribution >= 4 is 38.3 Å². The average Bonchev–Trinajstić information content (AvgIpc) is 3.06. The van der Waals surface area contributed by atoms with Crippen LogP contribution in [0.15, 0.2) is 78.9 Å². The number of carbonyl (C=O) groups is 1. The minimum Gasteiger partial charge on any atom is -0.423 e. The lowest BCUT2D eigenvalue weighted by atomic mass is 10.1. The maximum absolute atomic E-state index is 12.0. The second-order valence-corrected chi connectivity index (χ2v) is 5.97. The van der Waals surface area contributed by atoms with Crippen molar-refractivity contribution in [3.63, 3.8) is 0 Å². The monoisotopic (exact) mass is 312 g/mol. The molecule has 0 aliphatic carbocycles. The van der Waals surface area contributed by atoms with Gasteiger partial charge in [-0.25, -0.2) is 4.79 Å². The zero-order chi connectivity index (χ0) is 16.7. The van der Waals surface area contributed by atoms with Crippen LogP contribution in [0.25, 0.3) is 32.3 Å². The van der Waals surface area contributed by atoms with Crippen LogP contribution in [-0.4, -0.2) is 5.97 Å². The van der Waals surface area contributed by atoms with E-state index in [0.29, 0.717) is 11.3 Å². The van der Waals surface area contributed by atoms with E-state index in [9.17, 15) is 4.79 Å². The molecule has 2 nitrogen and oxygen atoms in total. The van der Waals surface area contributed by atoms with Crippen molar-refractivity contribution in [3.8, 4) is 5.75 Å². The molecule has 4 aromatic carbocycles. The fraction of sp³-hybridized carbons (Fsp3) is 0.0455. The summed E-state index contributed by atoms with van der Waals surface area (Å²) in [6.45, 7) is 5.32. The first-order valence-electron chi connectivity index (χ1n) is 7.86. The highest BCUT2D eigenvalue weighted by molar-refractivity contribution is 6.20. The van der Waals surface area contributed by atoms with E-state index in [4.69, 9.17) is 4.74 Å². The van der Waals surface area contributed by atoms with E-state index < -0.39 is 5.97 Å². The van der Waals surface area contributed by atoms with Gasteiger partial charge in [0, 0.05) is 11.0 Å². The molecule has 24 heavy (non-hydrogen) atoms. The van der Waals surface area contributed by atoms with E-state index in [2.05, 4.69) is 36.9 Å². The largest absolute Gasteiger partial charge is 0.423 e. The van der Waals surface area contributed by atoms with Gasteiger partial charge in [-0.1, -0.05) is 55.1 Å². The van der Waals surface area contributed by atoms with E-state index in [0.717, 1.165) is 26.9 Å². The zero-order valence-corrected chi connectivity index (χ0v) is 13.4. The number of fused-ring (bicyclic) bond motifs is 5. The summed E-state index contributed by atoms with van der Waals surface area (Å²) in [5.74, 6) is 0.175. The maximum Gasteiger partial charge on any atom is 0.338 e. The van der Waals surface area contributed by atoms with E-state index >= 15 is 0 Å². The second-order valence-electron chi connectivity index (χ2n) is 5.97.